The number of nitrogens with one attached hydrogen (secondary N) is 1. The van der Waals surface area contributed by atoms with Crippen molar-refractivity contribution in [2.45, 2.75) is 38.8 Å². The fourth-order valence-electron chi connectivity index (χ4n) is 3.34. The van der Waals surface area contributed by atoms with Gasteiger partial charge >= 0.3 is 6.09 Å². The first kappa shape index (κ1) is 19.7. The Morgan fingerprint density at radius 2 is 1.93 bits per heavy atom. The Morgan fingerprint density at radius 3 is 2.50 bits per heavy atom. The summed E-state index contributed by atoms with van der Waals surface area (Å²) < 4.78 is 18.8. The number of benzene rings is 2. The number of carbonyl (C=O) groups is 1. The Balaban J connectivity index is 2.07. The molecule has 1 heterocycles. The van der Waals surface area contributed by atoms with Crippen LogP contribution in [0.25, 0.3) is 11.0 Å². The van der Waals surface area contributed by atoms with E-state index in [1.807, 2.05) is 45.0 Å². The summed E-state index contributed by atoms with van der Waals surface area (Å²) in [5, 5.41) is 9.92. The number of nitrogens with zero attached hydrogens (tertiary/aromatic N) is 2. The lowest BCUT2D eigenvalue weighted by Crippen LogP contribution is -2.48. The van der Waals surface area contributed by atoms with Gasteiger partial charge in [0.15, 0.2) is 0 Å². The standard InChI is InChI=1S/C21H24FN3O3/c1-21(2,3)25(20(26)27)18(11-13-5-8-15(28-4)9-6-13)19-23-16-10-7-14(22)12-17(16)24-19/h5-10,12,18H,11H2,1-4H3,(H,23,24)(H,26,27). The smallest absolute Gasteiger partial charge is 0.408 e. The number of hydrogen-bond donors (Lipinski definition) is 2. The van der Waals surface area contributed by atoms with Crippen molar-refractivity contribution in [1.82, 2.24) is 14.9 Å². The first-order chi connectivity index (χ1) is 13.2. The van der Waals surface area contributed by atoms with Crippen LogP contribution in [0.2, 0.25) is 0 Å². The Morgan fingerprint density at radius 1 is 1.25 bits per heavy atom. The second kappa shape index (κ2) is 7.50. The summed E-state index contributed by atoms with van der Waals surface area (Å²) in [5.41, 5.74) is 1.41. The molecule has 0 saturated heterocycles. The van der Waals surface area contributed by atoms with E-state index in [0.717, 1.165) is 11.3 Å². The van der Waals surface area contributed by atoms with Gasteiger partial charge in [0.05, 0.1) is 24.2 Å². The molecule has 148 valence electrons. The molecule has 0 aliphatic carbocycles. The zero-order valence-electron chi connectivity index (χ0n) is 16.4. The first-order valence-corrected chi connectivity index (χ1v) is 8.99. The van der Waals surface area contributed by atoms with Crippen molar-refractivity contribution in [2.24, 2.45) is 0 Å². The van der Waals surface area contributed by atoms with E-state index in [4.69, 9.17) is 4.74 Å². The van der Waals surface area contributed by atoms with Crippen LogP contribution in [0.15, 0.2) is 42.5 Å². The number of aromatic amines is 1. The minimum Gasteiger partial charge on any atom is -0.497 e. The summed E-state index contributed by atoms with van der Waals surface area (Å²) in [7, 11) is 1.59. The molecule has 6 nitrogen and oxygen atoms in total. The summed E-state index contributed by atoms with van der Waals surface area (Å²) >= 11 is 0. The number of amides is 1. The molecule has 1 aromatic heterocycles. The number of aromatic nitrogens is 2. The first-order valence-electron chi connectivity index (χ1n) is 8.99. The summed E-state index contributed by atoms with van der Waals surface area (Å²) in [6, 6.07) is 11.2. The molecular formula is C21H24FN3O3. The summed E-state index contributed by atoms with van der Waals surface area (Å²) in [4.78, 5) is 21.2. The molecule has 28 heavy (non-hydrogen) atoms. The highest BCUT2D eigenvalue weighted by molar-refractivity contribution is 5.75. The molecule has 0 aliphatic rings. The molecule has 0 spiro atoms. The monoisotopic (exact) mass is 385 g/mol. The average Bonchev–Trinajstić information content (AvgIpc) is 3.03. The number of imidazole rings is 1. The highest BCUT2D eigenvalue weighted by Crippen LogP contribution is 2.32. The van der Waals surface area contributed by atoms with Gasteiger partial charge < -0.3 is 14.8 Å². The van der Waals surface area contributed by atoms with Crippen molar-refractivity contribution in [3.63, 3.8) is 0 Å². The SMILES string of the molecule is COc1ccc(CC(c2nc3cc(F)ccc3[nH]2)N(C(=O)O)C(C)(C)C)cc1. The minimum atomic E-state index is -1.04. The zero-order chi connectivity index (χ0) is 20.5. The van der Waals surface area contributed by atoms with Crippen LogP contribution < -0.4 is 4.74 Å². The lowest BCUT2D eigenvalue weighted by atomic mass is 9.98. The maximum Gasteiger partial charge on any atom is 0.408 e. The van der Waals surface area contributed by atoms with Gasteiger partial charge in [-0.25, -0.2) is 14.2 Å². The lowest BCUT2D eigenvalue weighted by molar-refractivity contribution is 0.0671. The molecule has 0 aliphatic heterocycles. The molecule has 1 unspecified atom stereocenters. The van der Waals surface area contributed by atoms with E-state index in [2.05, 4.69) is 9.97 Å². The number of H-pyrrole nitrogens is 1. The third kappa shape index (κ3) is 4.08. The van der Waals surface area contributed by atoms with E-state index in [9.17, 15) is 14.3 Å². The van der Waals surface area contributed by atoms with Crippen molar-refractivity contribution in [3.8, 4) is 5.75 Å². The van der Waals surface area contributed by atoms with Crippen LogP contribution in [0.1, 0.15) is 38.2 Å². The summed E-state index contributed by atoms with van der Waals surface area (Å²) in [6.07, 6.45) is -0.631. The average molecular weight is 385 g/mol. The predicted octanol–water partition coefficient (Wildman–Crippen LogP) is 4.77. The number of fused-ring (bicyclic) bond motifs is 1. The maximum absolute atomic E-state index is 13.6. The minimum absolute atomic E-state index is 0.386. The molecule has 3 rings (SSSR count). The molecule has 0 saturated carbocycles. The Labute approximate surface area is 163 Å². The van der Waals surface area contributed by atoms with E-state index in [-0.39, 0.29) is 5.82 Å². The van der Waals surface area contributed by atoms with Crippen molar-refractivity contribution in [1.29, 1.82) is 0 Å². The largest absolute Gasteiger partial charge is 0.497 e. The predicted molar refractivity (Wildman–Crippen MR) is 105 cm³/mol. The quantitative estimate of drug-likeness (QED) is 0.663. The van der Waals surface area contributed by atoms with Gasteiger partial charge in [0.2, 0.25) is 0 Å². The van der Waals surface area contributed by atoms with Crippen molar-refractivity contribution in [3.05, 3.63) is 59.7 Å². The van der Waals surface area contributed by atoms with Crippen LogP contribution in [0.4, 0.5) is 9.18 Å². The fourth-order valence-corrected chi connectivity index (χ4v) is 3.34. The molecule has 1 atom stereocenters. The lowest BCUT2D eigenvalue weighted by Gasteiger charge is -2.38. The van der Waals surface area contributed by atoms with E-state index in [0.29, 0.717) is 23.3 Å². The van der Waals surface area contributed by atoms with Gasteiger partial charge in [-0.2, -0.15) is 0 Å². The van der Waals surface area contributed by atoms with E-state index in [1.165, 1.54) is 17.0 Å². The molecular weight excluding hydrogens is 361 g/mol. The normalized spacial score (nSPS) is 12.8. The molecule has 0 radical (unpaired) electrons. The highest BCUT2D eigenvalue weighted by Gasteiger charge is 2.36. The van der Waals surface area contributed by atoms with Gasteiger partial charge in [-0.3, -0.25) is 4.90 Å². The van der Waals surface area contributed by atoms with Crippen LogP contribution in [0.3, 0.4) is 0 Å². The molecule has 7 heteroatoms. The molecule has 1 amide bonds. The number of carboxylic acid groups (broad SMARTS) is 1. The molecule has 2 N–H and O–H groups in total. The van der Waals surface area contributed by atoms with Gasteiger partial charge in [-0.05, 0) is 50.6 Å². The van der Waals surface area contributed by atoms with Gasteiger partial charge in [0.25, 0.3) is 0 Å². The number of rotatable bonds is 5. The van der Waals surface area contributed by atoms with Crippen LogP contribution in [0.5, 0.6) is 5.75 Å². The van der Waals surface area contributed by atoms with Gasteiger partial charge in [-0.15, -0.1) is 0 Å². The van der Waals surface area contributed by atoms with Crippen LogP contribution in [-0.4, -0.2) is 38.7 Å². The van der Waals surface area contributed by atoms with Crippen molar-refractivity contribution < 1.29 is 19.0 Å². The van der Waals surface area contributed by atoms with Gasteiger partial charge in [0, 0.05) is 18.0 Å². The van der Waals surface area contributed by atoms with Gasteiger partial charge in [0.1, 0.15) is 17.4 Å². The van der Waals surface area contributed by atoms with Crippen molar-refractivity contribution in [2.75, 3.05) is 7.11 Å². The van der Waals surface area contributed by atoms with E-state index >= 15 is 0 Å². The number of hydrogen-bond acceptors (Lipinski definition) is 3. The van der Waals surface area contributed by atoms with Crippen molar-refractivity contribution >= 4 is 17.1 Å². The Hall–Kier alpha value is -3.09. The third-order valence-corrected chi connectivity index (χ3v) is 4.61. The number of ether oxygens (including phenoxy) is 1. The number of methoxy groups -OCH3 is 1. The fraction of sp³-hybridized carbons (Fsp3) is 0.333. The van der Waals surface area contributed by atoms with E-state index < -0.39 is 17.7 Å². The third-order valence-electron chi connectivity index (χ3n) is 4.61. The Bertz CT molecular complexity index is 977. The van der Waals surface area contributed by atoms with Crippen LogP contribution in [0, 0.1) is 5.82 Å². The number of halogens is 1. The summed E-state index contributed by atoms with van der Waals surface area (Å²) in [6.45, 7) is 5.51. The second-order valence-corrected chi connectivity index (χ2v) is 7.67. The summed E-state index contributed by atoms with van der Waals surface area (Å²) in [5.74, 6) is 0.822. The second-order valence-electron chi connectivity index (χ2n) is 7.67. The molecule has 2 aromatic carbocycles. The van der Waals surface area contributed by atoms with E-state index in [1.54, 1.807) is 13.2 Å². The van der Waals surface area contributed by atoms with Crippen LogP contribution in [-0.2, 0) is 6.42 Å². The maximum atomic E-state index is 13.6. The topological polar surface area (TPSA) is 78.5 Å². The molecule has 3 aromatic rings. The molecule has 0 bridgehead atoms. The highest BCUT2D eigenvalue weighted by atomic mass is 19.1. The zero-order valence-corrected chi connectivity index (χ0v) is 16.4. The Kier molecular flexibility index (Phi) is 5.27. The molecule has 0 fully saturated rings. The van der Waals surface area contributed by atoms with Gasteiger partial charge in [-0.1, -0.05) is 12.1 Å². The van der Waals surface area contributed by atoms with Crippen LogP contribution >= 0.6 is 0 Å².